The number of carbonyl (C=O) groups is 2. The summed E-state index contributed by atoms with van der Waals surface area (Å²) in [5, 5.41) is 0. The van der Waals surface area contributed by atoms with E-state index in [1.807, 2.05) is 24.3 Å². The zero-order valence-corrected chi connectivity index (χ0v) is 13.8. The van der Waals surface area contributed by atoms with E-state index in [0.29, 0.717) is 25.9 Å². The third-order valence-electron chi connectivity index (χ3n) is 3.91. The van der Waals surface area contributed by atoms with Gasteiger partial charge < -0.3 is 9.47 Å². The number of morpholine rings is 1. The quantitative estimate of drug-likeness (QED) is 0.544. The van der Waals surface area contributed by atoms with Crippen LogP contribution in [0.25, 0.3) is 0 Å². The summed E-state index contributed by atoms with van der Waals surface area (Å²) in [6, 6.07) is 7.74. The number of Topliss-reactive ketones (excluding diaryl/α,β-unsaturated/α-hetero) is 1. The number of carbonyl (C=O) groups excluding carboxylic acids is 2. The van der Waals surface area contributed by atoms with Gasteiger partial charge in [-0.1, -0.05) is 24.3 Å². The first-order chi connectivity index (χ1) is 11.2. The van der Waals surface area contributed by atoms with Crippen molar-refractivity contribution >= 4 is 11.8 Å². The third kappa shape index (κ3) is 5.77. The van der Waals surface area contributed by atoms with Crippen molar-refractivity contribution in [3.05, 3.63) is 35.4 Å². The first-order valence-corrected chi connectivity index (χ1v) is 8.27. The van der Waals surface area contributed by atoms with E-state index < -0.39 is 0 Å². The summed E-state index contributed by atoms with van der Waals surface area (Å²) >= 11 is 0. The molecule has 0 amide bonds. The van der Waals surface area contributed by atoms with Crippen LogP contribution in [0.3, 0.4) is 0 Å². The fourth-order valence-corrected chi connectivity index (χ4v) is 2.69. The van der Waals surface area contributed by atoms with E-state index in [2.05, 4.69) is 4.90 Å². The summed E-state index contributed by atoms with van der Waals surface area (Å²) in [7, 11) is 0. The highest BCUT2D eigenvalue weighted by Crippen LogP contribution is 2.16. The number of rotatable bonds is 8. The van der Waals surface area contributed by atoms with Crippen LogP contribution in [0.15, 0.2) is 24.3 Å². The highest BCUT2D eigenvalue weighted by Gasteiger charge is 2.16. The molecule has 5 heteroatoms. The van der Waals surface area contributed by atoms with E-state index in [4.69, 9.17) is 9.47 Å². The Morgan fingerprint density at radius 3 is 2.65 bits per heavy atom. The Kier molecular flexibility index (Phi) is 7.23. The van der Waals surface area contributed by atoms with Crippen LogP contribution in [0.2, 0.25) is 0 Å². The molecule has 0 aromatic heterocycles. The topological polar surface area (TPSA) is 55.8 Å². The molecule has 2 rings (SSSR count). The van der Waals surface area contributed by atoms with Gasteiger partial charge in [-0.05, 0) is 18.9 Å². The van der Waals surface area contributed by atoms with Crippen molar-refractivity contribution in [3.63, 3.8) is 0 Å². The highest BCUT2D eigenvalue weighted by atomic mass is 16.5. The number of ether oxygens (including phenoxy) is 2. The van der Waals surface area contributed by atoms with Crippen LogP contribution < -0.4 is 0 Å². The van der Waals surface area contributed by atoms with Crippen LogP contribution in [0.4, 0.5) is 0 Å². The van der Waals surface area contributed by atoms with Gasteiger partial charge in [-0.25, -0.2) is 0 Å². The summed E-state index contributed by atoms with van der Waals surface area (Å²) in [6.07, 6.45) is 1.20. The molecule has 0 spiro atoms. The summed E-state index contributed by atoms with van der Waals surface area (Å²) < 4.78 is 10.2. The Balaban J connectivity index is 1.90. The Bertz CT molecular complexity index is 524. The van der Waals surface area contributed by atoms with Crippen molar-refractivity contribution in [1.29, 1.82) is 0 Å². The first kappa shape index (κ1) is 17.6. The lowest BCUT2D eigenvalue weighted by atomic mass is 9.99. The molecule has 23 heavy (non-hydrogen) atoms. The standard InChI is InChI=1S/C18H25NO4/c1-2-23-18(21)9-5-8-17(20)16-7-4-3-6-15(16)14-19-10-12-22-13-11-19/h3-4,6-7H,2,5,8-14H2,1H3. The van der Waals surface area contributed by atoms with E-state index in [0.717, 1.165) is 44.0 Å². The van der Waals surface area contributed by atoms with E-state index in [9.17, 15) is 9.59 Å². The highest BCUT2D eigenvalue weighted by molar-refractivity contribution is 5.97. The van der Waals surface area contributed by atoms with E-state index in [1.165, 1.54) is 0 Å². The predicted octanol–water partition coefficient (Wildman–Crippen LogP) is 2.43. The summed E-state index contributed by atoms with van der Waals surface area (Å²) in [5.74, 6) is -0.139. The minimum absolute atomic E-state index is 0.0955. The SMILES string of the molecule is CCOC(=O)CCCC(=O)c1ccccc1CN1CCOCC1. The molecule has 0 saturated carbocycles. The van der Waals surface area contributed by atoms with Crippen LogP contribution in [0.5, 0.6) is 0 Å². The Labute approximate surface area is 137 Å². The molecule has 1 saturated heterocycles. The number of esters is 1. The van der Waals surface area contributed by atoms with Crippen LogP contribution in [0, 0.1) is 0 Å². The van der Waals surface area contributed by atoms with Crippen molar-refractivity contribution in [2.24, 2.45) is 0 Å². The lowest BCUT2D eigenvalue weighted by Gasteiger charge is -2.27. The summed E-state index contributed by atoms with van der Waals surface area (Å²) in [6.45, 7) is 6.21. The number of benzene rings is 1. The zero-order chi connectivity index (χ0) is 16.5. The molecule has 0 bridgehead atoms. The van der Waals surface area contributed by atoms with Gasteiger partial charge in [0.1, 0.15) is 0 Å². The van der Waals surface area contributed by atoms with Gasteiger partial charge in [0.05, 0.1) is 19.8 Å². The molecule has 1 aromatic carbocycles. The number of hydrogen-bond acceptors (Lipinski definition) is 5. The minimum Gasteiger partial charge on any atom is -0.466 e. The van der Waals surface area contributed by atoms with E-state index >= 15 is 0 Å². The molecule has 1 fully saturated rings. The molecule has 1 aliphatic heterocycles. The van der Waals surface area contributed by atoms with Gasteiger partial charge in [-0.2, -0.15) is 0 Å². The first-order valence-electron chi connectivity index (χ1n) is 8.27. The predicted molar refractivity (Wildman–Crippen MR) is 87.4 cm³/mol. The fraction of sp³-hybridized carbons (Fsp3) is 0.556. The molecular weight excluding hydrogens is 294 g/mol. The monoisotopic (exact) mass is 319 g/mol. The molecular formula is C18H25NO4. The molecule has 126 valence electrons. The second-order valence-corrected chi connectivity index (χ2v) is 5.63. The van der Waals surface area contributed by atoms with Crippen molar-refractivity contribution in [2.75, 3.05) is 32.9 Å². The lowest BCUT2D eigenvalue weighted by Crippen LogP contribution is -2.36. The van der Waals surface area contributed by atoms with Crippen LogP contribution in [0.1, 0.15) is 42.1 Å². The molecule has 5 nitrogen and oxygen atoms in total. The normalized spacial score (nSPS) is 15.3. The molecule has 1 aliphatic rings. The van der Waals surface area contributed by atoms with Gasteiger partial charge in [-0.15, -0.1) is 0 Å². The molecule has 0 aliphatic carbocycles. The largest absolute Gasteiger partial charge is 0.466 e. The minimum atomic E-state index is -0.234. The van der Waals surface area contributed by atoms with Crippen LogP contribution >= 0.6 is 0 Å². The smallest absolute Gasteiger partial charge is 0.305 e. The maximum atomic E-state index is 12.5. The van der Waals surface area contributed by atoms with Gasteiger partial charge in [0, 0.05) is 38.0 Å². The van der Waals surface area contributed by atoms with Crippen LogP contribution in [-0.2, 0) is 20.8 Å². The Morgan fingerprint density at radius 1 is 1.17 bits per heavy atom. The number of ketones is 1. The van der Waals surface area contributed by atoms with E-state index in [-0.39, 0.29) is 11.8 Å². The Morgan fingerprint density at radius 2 is 1.91 bits per heavy atom. The molecule has 0 radical (unpaired) electrons. The van der Waals surface area contributed by atoms with Crippen molar-refractivity contribution < 1.29 is 19.1 Å². The molecule has 0 unspecified atom stereocenters. The molecule has 1 heterocycles. The summed E-state index contributed by atoms with van der Waals surface area (Å²) in [4.78, 5) is 26.1. The van der Waals surface area contributed by atoms with E-state index in [1.54, 1.807) is 6.92 Å². The Hall–Kier alpha value is -1.72. The summed E-state index contributed by atoms with van der Waals surface area (Å²) in [5.41, 5.74) is 1.82. The average Bonchev–Trinajstić information content (AvgIpc) is 2.56. The second kappa shape index (κ2) is 9.43. The molecule has 1 aromatic rings. The third-order valence-corrected chi connectivity index (χ3v) is 3.91. The van der Waals surface area contributed by atoms with Crippen molar-refractivity contribution in [1.82, 2.24) is 4.90 Å². The van der Waals surface area contributed by atoms with Gasteiger partial charge in [0.25, 0.3) is 0 Å². The van der Waals surface area contributed by atoms with Gasteiger partial charge in [-0.3, -0.25) is 14.5 Å². The number of hydrogen-bond donors (Lipinski definition) is 0. The van der Waals surface area contributed by atoms with Gasteiger partial charge in [0.2, 0.25) is 0 Å². The fourth-order valence-electron chi connectivity index (χ4n) is 2.69. The van der Waals surface area contributed by atoms with Crippen molar-refractivity contribution in [2.45, 2.75) is 32.7 Å². The molecule has 0 atom stereocenters. The lowest BCUT2D eigenvalue weighted by molar-refractivity contribution is -0.143. The average molecular weight is 319 g/mol. The molecule has 0 N–H and O–H groups in total. The van der Waals surface area contributed by atoms with Crippen LogP contribution in [-0.4, -0.2) is 49.6 Å². The van der Waals surface area contributed by atoms with Crippen molar-refractivity contribution in [3.8, 4) is 0 Å². The van der Waals surface area contributed by atoms with Gasteiger partial charge >= 0.3 is 5.97 Å². The zero-order valence-electron chi connectivity index (χ0n) is 13.8. The maximum Gasteiger partial charge on any atom is 0.305 e. The maximum absolute atomic E-state index is 12.5. The number of nitrogens with zero attached hydrogens (tertiary/aromatic N) is 1. The van der Waals surface area contributed by atoms with Gasteiger partial charge in [0.15, 0.2) is 5.78 Å². The second-order valence-electron chi connectivity index (χ2n) is 5.63.